The number of morpholine rings is 1. The van der Waals surface area contributed by atoms with Crippen LogP contribution in [0.4, 0.5) is 4.39 Å². The number of nitrogens with two attached hydrogens (primary N) is 1. The summed E-state index contributed by atoms with van der Waals surface area (Å²) in [6.07, 6.45) is 0.932. The molecule has 26 heavy (non-hydrogen) atoms. The molecule has 0 bridgehead atoms. The topological polar surface area (TPSA) is 58.8 Å². The Bertz CT molecular complexity index is 587. The Balaban J connectivity index is 0.00000169. The smallest absolute Gasteiger partial charge is 0.244 e. The summed E-state index contributed by atoms with van der Waals surface area (Å²) in [6.45, 7) is 5.89. The minimum absolute atomic E-state index is 0. The highest BCUT2D eigenvalue weighted by Crippen LogP contribution is 2.30. The number of amides is 1. The number of benzene rings is 1. The summed E-state index contributed by atoms with van der Waals surface area (Å²) in [5.41, 5.74) is 6.51. The lowest BCUT2D eigenvalue weighted by atomic mass is 10.0. The molecule has 148 valence electrons. The molecule has 3 atom stereocenters. The van der Waals surface area contributed by atoms with Crippen molar-refractivity contribution in [3.63, 3.8) is 0 Å². The highest BCUT2D eigenvalue weighted by molar-refractivity contribution is 5.85. The van der Waals surface area contributed by atoms with Gasteiger partial charge in [0.2, 0.25) is 5.91 Å². The monoisotopic (exact) mass is 407 g/mol. The van der Waals surface area contributed by atoms with Gasteiger partial charge in [-0.1, -0.05) is 12.1 Å². The zero-order chi connectivity index (χ0) is 17.1. The average Bonchev–Trinajstić information content (AvgIpc) is 2.97. The first-order chi connectivity index (χ1) is 11.6. The van der Waals surface area contributed by atoms with E-state index in [0.29, 0.717) is 50.9 Å². The molecule has 0 aromatic heterocycles. The lowest BCUT2D eigenvalue weighted by molar-refractivity contribution is -0.139. The fourth-order valence-electron chi connectivity index (χ4n) is 3.80. The van der Waals surface area contributed by atoms with Crippen molar-refractivity contribution < 1.29 is 13.9 Å². The van der Waals surface area contributed by atoms with Gasteiger partial charge in [0.05, 0.1) is 13.2 Å². The molecule has 0 radical (unpaired) electrons. The van der Waals surface area contributed by atoms with Crippen molar-refractivity contribution in [3.05, 3.63) is 35.6 Å². The molecule has 2 fully saturated rings. The van der Waals surface area contributed by atoms with E-state index in [1.165, 1.54) is 12.1 Å². The molecular formula is C18H28Cl2FN3O2. The highest BCUT2D eigenvalue weighted by Gasteiger charge is 2.38. The van der Waals surface area contributed by atoms with Gasteiger partial charge in [0.1, 0.15) is 11.9 Å². The van der Waals surface area contributed by atoms with Crippen LogP contribution >= 0.6 is 24.8 Å². The summed E-state index contributed by atoms with van der Waals surface area (Å²) in [5.74, 6) is 0.0839. The van der Waals surface area contributed by atoms with Gasteiger partial charge >= 0.3 is 0 Å². The predicted molar refractivity (Wildman–Crippen MR) is 104 cm³/mol. The molecule has 2 heterocycles. The summed E-state index contributed by atoms with van der Waals surface area (Å²) in [7, 11) is 0. The van der Waals surface area contributed by atoms with Gasteiger partial charge in [0.15, 0.2) is 0 Å². The van der Waals surface area contributed by atoms with E-state index in [9.17, 15) is 9.18 Å². The number of hydrogen-bond acceptors (Lipinski definition) is 4. The average molecular weight is 408 g/mol. The van der Waals surface area contributed by atoms with E-state index in [1.807, 2.05) is 11.0 Å². The van der Waals surface area contributed by atoms with Crippen molar-refractivity contribution in [1.29, 1.82) is 0 Å². The molecule has 0 aliphatic carbocycles. The van der Waals surface area contributed by atoms with Crippen molar-refractivity contribution in [3.8, 4) is 0 Å². The van der Waals surface area contributed by atoms with E-state index in [1.54, 1.807) is 6.07 Å². The Labute approximate surface area is 166 Å². The second-order valence-electron chi connectivity index (χ2n) is 6.78. The fraction of sp³-hybridized carbons (Fsp3) is 0.611. The number of rotatable bonds is 4. The molecule has 0 spiro atoms. The van der Waals surface area contributed by atoms with Crippen LogP contribution in [0.5, 0.6) is 0 Å². The number of ether oxygens (including phenoxy) is 1. The van der Waals surface area contributed by atoms with Gasteiger partial charge in [-0.25, -0.2) is 4.39 Å². The second kappa shape index (κ2) is 10.4. The standard InChI is InChI=1S/C18H26FN3O2.2ClH/c1-13-9-14(11-20)12-22(13)18(23)17(21-5-7-24-8-6-21)15-3-2-4-16(19)10-15;;/h2-4,10,13-14,17H,5-9,11-12,20H2,1H3;2*1H. The normalized spacial score (nSPS) is 24.5. The van der Waals surface area contributed by atoms with Crippen LogP contribution in [-0.4, -0.2) is 61.1 Å². The Hall–Kier alpha value is -0.920. The van der Waals surface area contributed by atoms with Crippen LogP contribution in [0.2, 0.25) is 0 Å². The number of carbonyl (C=O) groups is 1. The van der Waals surface area contributed by atoms with Gasteiger partial charge in [-0.3, -0.25) is 9.69 Å². The first-order valence-corrected chi connectivity index (χ1v) is 8.68. The number of hydrogen-bond donors (Lipinski definition) is 1. The van der Waals surface area contributed by atoms with Crippen molar-refractivity contribution in [2.24, 2.45) is 11.7 Å². The van der Waals surface area contributed by atoms with Crippen LogP contribution in [0, 0.1) is 11.7 Å². The number of carbonyl (C=O) groups excluding carboxylic acids is 1. The summed E-state index contributed by atoms with van der Waals surface area (Å²) in [6, 6.07) is 6.10. The SMILES string of the molecule is CC1CC(CN)CN1C(=O)C(c1cccc(F)c1)N1CCOCC1.Cl.Cl. The number of nitrogens with zero attached hydrogens (tertiary/aromatic N) is 2. The van der Waals surface area contributed by atoms with Crippen molar-refractivity contribution in [2.75, 3.05) is 39.4 Å². The molecule has 1 aromatic carbocycles. The molecule has 2 aliphatic rings. The maximum Gasteiger partial charge on any atom is 0.244 e. The number of likely N-dealkylation sites (tertiary alicyclic amines) is 1. The third-order valence-electron chi connectivity index (χ3n) is 5.09. The zero-order valence-electron chi connectivity index (χ0n) is 15.0. The van der Waals surface area contributed by atoms with Crippen molar-refractivity contribution in [1.82, 2.24) is 9.80 Å². The molecule has 3 unspecified atom stereocenters. The van der Waals surface area contributed by atoms with Crippen LogP contribution in [0.1, 0.15) is 24.9 Å². The number of halogens is 3. The third-order valence-corrected chi connectivity index (χ3v) is 5.09. The van der Waals surface area contributed by atoms with Gasteiger partial charge in [0, 0.05) is 25.7 Å². The Kier molecular flexibility index (Phi) is 9.27. The van der Waals surface area contributed by atoms with Crippen molar-refractivity contribution >= 4 is 30.7 Å². The predicted octanol–water partition coefficient (Wildman–Crippen LogP) is 2.24. The highest BCUT2D eigenvalue weighted by atomic mass is 35.5. The molecule has 2 aliphatic heterocycles. The molecule has 0 saturated carbocycles. The summed E-state index contributed by atoms with van der Waals surface area (Å²) in [4.78, 5) is 17.3. The van der Waals surface area contributed by atoms with Crippen LogP contribution in [0.25, 0.3) is 0 Å². The minimum Gasteiger partial charge on any atom is -0.379 e. The third kappa shape index (κ3) is 5.08. The molecule has 2 saturated heterocycles. The zero-order valence-corrected chi connectivity index (χ0v) is 16.6. The first-order valence-electron chi connectivity index (χ1n) is 8.68. The van der Waals surface area contributed by atoms with Gasteiger partial charge in [-0.15, -0.1) is 24.8 Å². The molecule has 3 rings (SSSR count). The molecule has 8 heteroatoms. The Morgan fingerprint density at radius 2 is 2.04 bits per heavy atom. The van der Waals surface area contributed by atoms with E-state index in [2.05, 4.69) is 11.8 Å². The molecule has 2 N–H and O–H groups in total. The Morgan fingerprint density at radius 1 is 1.35 bits per heavy atom. The lowest BCUT2D eigenvalue weighted by Gasteiger charge is -2.37. The maximum atomic E-state index is 13.7. The summed E-state index contributed by atoms with van der Waals surface area (Å²) >= 11 is 0. The van der Waals surface area contributed by atoms with E-state index in [-0.39, 0.29) is 42.6 Å². The second-order valence-corrected chi connectivity index (χ2v) is 6.78. The molecular weight excluding hydrogens is 380 g/mol. The van der Waals surface area contributed by atoms with Crippen LogP contribution in [0.15, 0.2) is 24.3 Å². The van der Waals surface area contributed by atoms with Crippen molar-refractivity contribution in [2.45, 2.75) is 25.4 Å². The quantitative estimate of drug-likeness (QED) is 0.831. The minimum atomic E-state index is -0.455. The van der Waals surface area contributed by atoms with Gasteiger partial charge in [-0.05, 0) is 43.5 Å². The molecule has 1 aromatic rings. The molecule has 5 nitrogen and oxygen atoms in total. The largest absolute Gasteiger partial charge is 0.379 e. The maximum absolute atomic E-state index is 13.7. The van der Waals surface area contributed by atoms with E-state index in [4.69, 9.17) is 10.5 Å². The van der Waals surface area contributed by atoms with Gasteiger partial charge < -0.3 is 15.4 Å². The van der Waals surface area contributed by atoms with Crippen LogP contribution in [0.3, 0.4) is 0 Å². The Morgan fingerprint density at radius 3 is 2.62 bits per heavy atom. The van der Waals surface area contributed by atoms with Gasteiger partial charge in [-0.2, -0.15) is 0 Å². The summed E-state index contributed by atoms with van der Waals surface area (Å²) in [5, 5.41) is 0. The summed E-state index contributed by atoms with van der Waals surface area (Å²) < 4.78 is 19.2. The van der Waals surface area contributed by atoms with E-state index < -0.39 is 6.04 Å². The van der Waals surface area contributed by atoms with E-state index in [0.717, 1.165) is 6.42 Å². The van der Waals surface area contributed by atoms with Crippen LogP contribution < -0.4 is 5.73 Å². The first kappa shape index (κ1) is 23.1. The molecule has 1 amide bonds. The van der Waals surface area contributed by atoms with Gasteiger partial charge in [0.25, 0.3) is 0 Å². The fourth-order valence-corrected chi connectivity index (χ4v) is 3.80. The van der Waals surface area contributed by atoms with Crippen LogP contribution in [-0.2, 0) is 9.53 Å². The lowest BCUT2D eigenvalue weighted by Crippen LogP contribution is -2.48. The van der Waals surface area contributed by atoms with E-state index >= 15 is 0 Å².